The molecule has 1 aliphatic heterocycles. The Balaban J connectivity index is 2.01. The molecule has 1 fully saturated rings. The van der Waals surface area contributed by atoms with Gasteiger partial charge in [-0.1, -0.05) is 12.1 Å². The molecular formula is C18H27N3O2. The first kappa shape index (κ1) is 17.5. The SMILES string of the molecule is CC(=O)N(CCC(=O)N1CCN(C)CC1)c1cc(C)ccc1C. The summed E-state index contributed by atoms with van der Waals surface area (Å²) in [5, 5.41) is 0. The van der Waals surface area contributed by atoms with Crippen LogP contribution >= 0.6 is 0 Å². The Bertz CT molecular complexity index is 578. The molecule has 1 aliphatic rings. The van der Waals surface area contributed by atoms with E-state index in [-0.39, 0.29) is 11.8 Å². The van der Waals surface area contributed by atoms with Crippen LogP contribution in [-0.4, -0.2) is 61.4 Å². The fourth-order valence-corrected chi connectivity index (χ4v) is 2.88. The third-order valence-corrected chi connectivity index (χ3v) is 4.44. The Labute approximate surface area is 138 Å². The van der Waals surface area contributed by atoms with Gasteiger partial charge in [0, 0.05) is 51.8 Å². The average molecular weight is 317 g/mol. The van der Waals surface area contributed by atoms with E-state index in [4.69, 9.17) is 0 Å². The lowest BCUT2D eigenvalue weighted by Crippen LogP contribution is -2.48. The summed E-state index contributed by atoms with van der Waals surface area (Å²) in [4.78, 5) is 30.3. The lowest BCUT2D eigenvalue weighted by atomic mass is 10.1. The fraction of sp³-hybridized carbons (Fsp3) is 0.556. The smallest absolute Gasteiger partial charge is 0.224 e. The number of hydrogen-bond acceptors (Lipinski definition) is 3. The van der Waals surface area contributed by atoms with Gasteiger partial charge in [0.15, 0.2) is 0 Å². The number of aryl methyl sites for hydroxylation is 2. The van der Waals surface area contributed by atoms with Crippen molar-refractivity contribution in [1.82, 2.24) is 9.80 Å². The average Bonchev–Trinajstić information content (AvgIpc) is 2.51. The van der Waals surface area contributed by atoms with Crippen molar-refractivity contribution in [3.05, 3.63) is 29.3 Å². The maximum atomic E-state index is 12.4. The van der Waals surface area contributed by atoms with Gasteiger partial charge in [-0.3, -0.25) is 9.59 Å². The number of nitrogens with zero attached hydrogens (tertiary/aromatic N) is 3. The van der Waals surface area contributed by atoms with Gasteiger partial charge in [0.05, 0.1) is 0 Å². The second-order valence-corrected chi connectivity index (χ2v) is 6.39. The molecule has 23 heavy (non-hydrogen) atoms. The summed E-state index contributed by atoms with van der Waals surface area (Å²) in [6, 6.07) is 6.06. The summed E-state index contributed by atoms with van der Waals surface area (Å²) in [5.74, 6) is 0.111. The summed E-state index contributed by atoms with van der Waals surface area (Å²) in [5.41, 5.74) is 3.07. The zero-order chi connectivity index (χ0) is 17.0. The molecule has 1 aromatic carbocycles. The molecular weight excluding hydrogens is 290 g/mol. The maximum Gasteiger partial charge on any atom is 0.224 e. The van der Waals surface area contributed by atoms with Crippen LogP contribution in [-0.2, 0) is 9.59 Å². The van der Waals surface area contributed by atoms with E-state index in [0.717, 1.165) is 43.0 Å². The van der Waals surface area contributed by atoms with Gasteiger partial charge in [-0.15, -0.1) is 0 Å². The first-order valence-corrected chi connectivity index (χ1v) is 8.20. The van der Waals surface area contributed by atoms with Crippen LogP contribution in [0.15, 0.2) is 18.2 Å². The van der Waals surface area contributed by atoms with Crippen LogP contribution in [0.4, 0.5) is 5.69 Å². The second-order valence-electron chi connectivity index (χ2n) is 6.39. The number of likely N-dealkylation sites (N-methyl/N-ethyl adjacent to an activating group) is 1. The van der Waals surface area contributed by atoms with Gasteiger partial charge >= 0.3 is 0 Å². The van der Waals surface area contributed by atoms with Crippen molar-refractivity contribution in [2.45, 2.75) is 27.2 Å². The minimum absolute atomic E-state index is 0.0233. The molecule has 0 bridgehead atoms. The topological polar surface area (TPSA) is 43.9 Å². The normalized spacial score (nSPS) is 15.6. The molecule has 0 saturated carbocycles. The number of benzene rings is 1. The summed E-state index contributed by atoms with van der Waals surface area (Å²) in [6.45, 7) is 9.38. The van der Waals surface area contributed by atoms with E-state index < -0.39 is 0 Å². The third-order valence-electron chi connectivity index (χ3n) is 4.44. The van der Waals surface area contributed by atoms with E-state index in [9.17, 15) is 9.59 Å². The van der Waals surface area contributed by atoms with Crippen molar-refractivity contribution >= 4 is 17.5 Å². The molecule has 0 unspecified atom stereocenters. The Hall–Kier alpha value is -1.88. The molecule has 0 aromatic heterocycles. The third kappa shape index (κ3) is 4.55. The van der Waals surface area contributed by atoms with Crippen molar-refractivity contribution in [1.29, 1.82) is 0 Å². The van der Waals surface area contributed by atoms with Gasteiger partial charge in [-0.2, -0.15) is 0 Å². The van der Waals surface area contributed by atoms with E-state index >= 15 is 0 Å². The molecule has 1 aromatic rings. The van der Waals surface area contributed by atoms with Crippen molar-refractivity contribution in [3.63, 3.8) is 0 Å². The standard InChI is InChI=1S/C18H27N3O2/c1-14-5-6-15(2)17(13-14)21(16(3)22)8-7-18(23)20-11-9-19(4)10-12-20/h5-6,13H,7-12H2,1-4H3. The molecule has 0 aliphatic carbocycles. The molecule has 1 heterocycles. The largest absolute Gasteiger partial charge is 0.340 e. The van der Waals surface area contributed by atoms with E-state index in [0.29, 0.717) is 13.0 Å². The lowest BCUT2D eigenvalue weighted by molar-refractivity contribution is -0.132. The van der Waals surface area contributed by atoms with Crippen LogP contribution in [0, 0.1) is 13.8 Å². The molecule has 1 saturated heterocycles. The number of amides is 2. The van der Waals surface area contributed by atoms with E-state index in [1.165, 1.54) is 0 Å². The van der Waals surface area contributed by atoms with E-state index in [1.54, 1.807) is 11.8 Å². The fourth-order valence-electron chi connectivity index (χ4n) is 2.88. The van der Waals surface area contributed by atoms with Crippen molar-refractivity contribution < 1.29 is 9.59 Å². The minimum Gasteiger partial charge on any atom is -0.340 e. The number of rotatable bonds is 4. The first-order chi connectivity index (χ1) is 10.9. The summed E-state index contributed by atoms with van der Waals surface area (Å²) in [6.07, 6.45) is 0.372. The number of anilines is 1. The molecule has 0 radical (unpaired) electrons. The highest BCUT2D eigenvalue weighted by Gasteiger charge is 2.21. The van der Waals surface area contributed by atoms with Crippen LogP contribution in [0.1, 0.15) is 24.5 Å². The molecule has 0 spiro atoms. The summed E-state index contributed by atoms with van der Waals surface area (Å²) in [7, 11) is 2.07. The first-order valence-electron chi connectivity index (χ1n) is 8.20. The minimum atomic E-state index is -0.0233. The lowest BCUT2D eigenvalue weighted by Gasteiger charge is -2.33. The second kappa shape index (κ2) is 7.59. The highest BCUT2D eigenvalue weighted by Crippen LogP contribution is 2.22. The molecule has 0 atom stereocenters. The van der Waals surface area contributed by atoms with Gasteiger partial charge in [-0.25, -0.2) is 0 Å². The quantitative estimate of drug-likeness (QED) is 0.851. The van der Waals surface area contributed by atoms with Crippen LogP contribution in [0.25, 0.3) is 0 Å². The maximum absolute atomic E-state index is 12.4. The molecule has 0 N–H and O–H groups in total. The van der Waals surface area contributed by atoms with Crippen LogP contribution in [0.2, 0.25) is 0 Å². The van der Waals surface area contributed by atoms with Gasteiger partial charge < -0.3 is 14.7 Å². The van der Waals surface area contributed by atoms with Crippen LogP contribution in [0.5, 0.6) is 0 Å². The van der Waals surface area contributed by atoms with E-state index in [1.807, 2.05) is 36.9 Å². The van der Waals surface area contributed by atoms with Gasteiger partial charge in [0.2, 0.25) is 11.8 Å². The monoisotopic (exact) mass is 317 g/mol. The highest BCUT2D eigenvalue weighted by atomic mass is 16.2. The predicted octanol–water partition coefficient (Wildman–Crippen LogP) is 1.82. The molecule has 2 amide bonds. The van der Waals surface area contributed by atoms with E-state index in [2.05, 4.69) is 11.9 Å². The van der Waals surface area contributed by atoms with Crippen LogP contribution in [0.3, 0.4) is 0 Å². The Morgan fingerprint density at radius 3 is 2.39 bits per heavy atom. The van der Waals surface area contributed by atoms with Crippen molar-refractivity contribution in [2.24, 2.45) is 0 Å². The molecule has 2 rings (SSSR count). The summed E-state index contributed by atoms with van der Waals surface area (Å²) < 4.78 is 0. The Morgan fingerprint density at radius 1 is 1.13 bits per heavy atom. The van der Waals surface area contributed by atoms with Crippen LogP contribution < -0.4 is 4.90 Å². The molecule has 126 valence electrons. The number of hydrogen-bond donors (Lipinski definition) is 0. The van der Waals surface area contributed by atoms with Gasteiger partial charge in [0.1, 0.15) is 0 Å². The molecule has 5 nitrogen and oxygen atoms in total. The van der Waals surface area contributed by atoms with Crippen molar-refractivity contribution in [2.75, 3.05) is 44.7 Å². The summed E-state index contributed by atoms with van der Waals surface area (Å²) >= 11 is 0. The van der Waals surface area contributed by atoms with Gasteiger partial charge in [0.25, 0.3) is 0 Å². The molecule has 5 heteroatoms. The number of carbonyl (C=O) groups is 2. The van der Waals surface area contributed by atoms with Gasteiger partial charge in [-0.05, 0) is 38.1 Å². The zero-order valence-corrected chi connectivity index (χ0v) is 14.6. The Kier molecular flexibility index (Phi) is 5.77. The predicted molar refractivity (Wildman–Crippen MR) is 92.6 cm³/mol. The zero-order valence-electron chi connectivity index (χ0n) is 14.6. The van der Waals surface area contributed by atoms with Crippen molar-refractivity contribution in [3.8, 4) is 0 Å². The Morgan fingerprint density at radius 2 is 1.78 bits per heavy atom. The number of piperazine rings is 1. The number of carbonyl (C=O) groups excluding carboxylic acids is 2. The highest BCUT2D eigenvalue weighted by molar-refractivity contribution is 5.93.